The number of rotatable bonds is 6. The summed E-state index contributed by atoms with van der Waals surface area (Å²) in [6.07, 6.45) is 1.36. The van der Waals surface area contributed by atoms with Crippen molar-refractivity contribution < 1.29 is 14.3 Å². The number of benzene rings is 1. The van der Waals surface area contributed by atoms with Crippen LogP contribution in [0.3, 0.4) is 0 Å². The van der Waals surface area contributed by atoms with Gasteiger partial charge in [0.25, 0.3) is 0 Å². The predicted octanol–water partition coefficient (Wildman–Crippen LogP) is 1.05. The summed E-state index contributed by atoms with van der Waals surface area (Å²) >= 11 is 0. The highest BCUT2D eigenvalue weighted by molar-refractivity contribution is 5.97. The SMILES string of the molecule is CCOc1ccc(NC(=O)CNC(=O)C2(N)CC2)cc1.Cl. The van der Waals surface area contributed by atoms with E-state index in [1.165, 1.54) is 0 Å². The van der Waals surface area contributed by atoms with Gasteiger partial charge in [-0.3, -0.25) is 9.59 Å². The van der Waals surface area contributed by atoms with Crippen LogP contribution in [-0.2, 0) is 9.59 Å². The summed E-state index contributed by atoms with van der Waals surface area (Å²) < 4.78 is 5.31. The molecule has 0 heterocycles. The van der Waals surface area contributed by atoms with E-state index in [1.807, 2.05) is 6.92 Å². The topological polar surface area (TPSA) is 93.5 Å². The molecule has 1 fully saturated rings. The zero-order chi connectivity index (χ0) is 14.6. The van der Waals surface area contributed by atoms with E-state index < -0.39 is 5.54 Å². The van der Waals surface area contributed by atoms with E-state index >= 15 is 0 Å². The summed E-state index contributed by atoms with van der Waals surface area (Å²) in [5.41, 5.74) is 5.62. The van der Waals surface area contributed by atoms with Gasteiger partial charge in [-0.15, -0.1) is 12.4 Å². The predicted molar refractivity (Wildman–Crippen MR) is 82.7 cm³/mol. The second-order valence-electron chi connectivity index (χ2n) is 4.84. The molecule has 7 heteroatoms. The maximum atomic E-state index is 11.7. The lowest BCUT2D eigenvalue weighted by atomic mass is 10.2. The zero-order valence-electron chi connectivity index (χ0n) is 11.8. The molecule has 1 aliphatic rings. The third-order valence-corrected chi connectivity index (χ3v) is 3.10. The second-order valence-corrected chi connectivity index (χ2v) is 4.84. The Balaban J connectivity index is 0.00000220. The molecular weight excluding hydrogens is 294 g/mol. The van der Waals surface area contributed by atoms with Crippen molar-refractivity contribution in [3.05, 3.63) is 24.3 Å². The molecule has 0 atom stereocenters. The van der Waals surface area contributed by atoms with E-state index in [-0.39, 0.29) is 30.8 Å². The fourth-order valence-electron chi connectivity index (χ4n) is 1.70. The number of amides is 2. The van der Waals surface area contributed by atoms with Gasteiger partial charge in [-0.2, -0.15) is 0 Å². The molecule has 4 N–H and O–H groups in total. The van der Waals surface area contributed by atoms with Gasteiger partial charge >= 0.3 is 0 Å². The molecule has 1 aromatic carbocycles. The van der Waals surface area contributed by atoms with Crippen LogP contribution in [0.25, 0.3) is 0 Å². The Bertz CT molecular complexity index is 501. The third-order valence-electron chi connectivity index (χ3n) is 3.10. The molecule has 2 rings (SSSR count). The quantitative estimate of drug-likeness (QED) is 0.732. The van der Waals surface area contributed by atoms with Crippen molar-refractivity contribution in [3.8, 4) is 5.75 Å². The minimum Gasteiger partial charge on any atom is -0.494 e. The summed E-state index contributed by atoms with van der Waals surface area (Å²) in [4.78, 5) is 23.2. The van der Waals surface area contributed by atoms with Crippen molar-refractivity contribution in [2.75, 3.05) is 18.5 Å². The molecule has 1 aliphatic carbocycles. The first kappa shape index (κ1) is 17.3. The normalized spacial score (nSPS) is 14.6. The van der Waals surface area contributed by atoms with Crippen LogP contribution < -0.4 is 21.1 Å². The molecule has 116 valence electrons. The Kier molecular flexibility index (Phi) is 5.99. The number of nitrogens with one attached hydrogen (secondary N) is 2. The van der Waals surface area contributed by atoms with E-state index in [9.17, 15) is 9.59 Å². The van der Waals surface area contributed by atoms with Gasteiger partial charge in [0.2, 0.25) is 11.8 Å². The average Bonchev–Trinajstić information content (AvgIpc) is 3.18. The molecule has 0 radical (unpaired) electrons. The lowest BCUT2D eigenvalue weighted by Crippen LogP contribution is -2.45. The van der Waals surface area contributed by atoms with Gasteiger partial charge in [-0.25, -0.2) is 0 Å². The van der Waals surface area contributed by atoms with Gasteiger partial charge in [-0.1, -0.05) is 0 Å². The van der Waals surface area contributed by atoms with Crippen molar-refractivity contribution in [2.45, 2.75) is 25.3 Å². The number of halogens is 1. The number of hydrogen-bond donors (Lipinski definition) is 3. The Morgan fingerprint density at radius 2 is 1.90 bits per heavy atom. The maximum Gasteiger partial charge on any atom is 0.243 e. The first-order valence-electron chi connectivity index (χ1n) is 6.63. The fourth-order valence-corrected chi connectivity index (χ4v) is 1.70. The van der Waals surface area contributed by atoms with E-state index in [2.05, 4.69) is 10.6 Å². The third kappa shape index (κ3) is 4.91. The molecule has 1 saturated carbocycles. The van der Waals surface area contributed by atoms with Crippen LogP contribution in [0.5, 0.6) is 5.75 Å². The number of carbonyl (C=O) groups excluding carboxylic acids is 2. The lowest BCUT2D eigenvalue weighted by molar-refractivity contribution is -0.125. The Labute approximate surface area is 129 Å². The molecule has 6 nitrogen and oxygen atoms in total. The van der Waals surface area contributed by atoms with E-state index in [0.29, 0.717) is 25.1 Å². The molecule has 0 aromatic heterocycles. The first-order valence-corrected chi connectivity index (χ1v) is 6.63. The van der Waals surface area contributed by atoms with Crippen LogP contribution in [0.15, 0.2) is 24.3 Å². The van der Waals surface area contributed by atoms with Crippen LogP contribution in [0.1, 0.15) is 19.8 Å². The highest BCUT2D eigenvalue weighted by atomic mass is 35.5. The smallest absolute Gasteiger partial charge is 0.243 e. The van der Waals surface area contributed by atoms with Crippen molar-refractivity contribution >= 4 is 29.9 Å². The molecule has 0 saturated heterocycles. The number of anilines is 1. The van der Waals surface area contributed by atoms with Crippen molar-refractivity contribution in [3.63, 3.8) is 0 Å². The van der Waals surface area contributed by atoms with Crippen LogP contribution in [0, 0.1) is 0 Å². The van der Waals surface area contributed by atoms with Crippen molar-refractivity contribution in [1.29, 1.82) is 0 Å². The average molecular weight is 314 g/mol. The summed E-state index contributed by atoms with van der Waals surface area (Å²) in [6, 6.07) is 7.04. The van der Waals surface area contributed by atoms with Crippen molar-refractivity contribution in [1.82, 2.24) is 5.32 Å². The molecule has 21 heavy (non-hydrogen) atoms. The van der Waals surface area contributed by atoms with Gasteiger partial charge in [0.1, 0.15) is 5.75 Å². The van der Waals surface area contributed by atoms with Crippen LogP contribution in [-0.4, -0.2) is 30.5 Å². The maximum absolute atomic E-state index is 11.7. The summed E-state index contributed by atoms with van der Waals surface area (Å²) in [6.45, 7) is 2.42. The second kappa shape index (κ2) is 7.28. The minimum atomic E-state index is -0.751. The summed E-state index contributed by atoms with van der Waals surface area (Å²) in [7, 11) is 0. The van der Waals surface area contributed by atoms with Gasteiger partial charge in [0.15, 0.2) is 0 Å². The molecular formula is C14H20ClN3O3. The Morgan fingerprint density at radius 1 is 1.29 bits per heavy atom. The molecule has 1 aromatic rings. The highest BCUT2D eigenvalue weighted by Crippen LogP contribution is 2.31. The van der Waals surface area contributed by atoms with E-state index in [1.54, 1.807) is 24.3 Å². The zero-order valence-corrected chi connectivity index (χ0v) is 12.7. The van der Waals surface area contributed by atoms with Gasteiger partial charge in [-0.05, 0) is 44.0 Å². The standard InChI is InChI=1S/C14H19N3O3.ClH/c1-2-20-11-5-3-10(4-6-11)17-12(18)9-16-13(19)14(15)7-8-14;/h3-6H,2,7-9,15H2,1H3,(H,16,19)(H,17,18);1H. The first-order chi connectivity index (χ1) is 9.53. The Hall–Kier alpha value is -1.79. The van der Waals surface area contributed by atoms with Crippen LogP contribution >= 0.6 is 12.4 Å². The van der Waals surface area contributed by atoms with Gasteiger partial charge < -0.3 is 21.1 Å². The molecule has 2 amide bonds. The molecule has 0 unspecified atom stereocenters. The largest absolute Gasteiger partial charge is 0.494 e. The van der Waals surface area contributed by atoms with Crippen LogP contribution in [0.4, 0.5) is 5.69 Å². The summed E-state index contributed by atoms with van der Waals surface area (Å²) in [5.74, 6) is 0.198. The number of hydrogen-bond acceptors (Lipinski definition) is 4. The van der Waals surface area contributed by atoms with Gasteiger partial charge in [0.05, 0.1) is 18.7 Å². The van der Waals surface area contributed by atoms with E-state index in [0.717, 1.165) is 5.75 Å². The van der Waals surface area contributed by atoms with E-state index in [4.69, 9.17) is 10.5 Å². The minimum absolute atomic E-state index is 0. The molecule has 0 bridgehead atoms. The number of carbonyl (C=O) groups is 2. The van der Waals surface area contributed by atoms with Crippen LogP contribution in [0.2, 0.25) is 0 Å². The number of nitrogens with two attached hydrogens (primary N) is 1. The Morgan fingerprint density at radius 3 is 2.43 bits per heavy atom. The van der Waals surface area contributed by atoms with Gasteiger partial charge in [0, 0.05) is 5.69 Å². The number of ether oxygens (including phenoxy) is 1. The molecule has 0 spiro atoms. The monoisotopic (exact) mass is 313 g/mol. The summed E-state index contributed by atoms with van der Waals surface area (Å²) in [5, 5.41) is 5.22. The fraction of sp³-hybridized carbons (Fsp3) is 0.429. The molecule has 0 aliphatic heterocycles. The highest BCUT2D eigenvalue weighted by Gasteiger charge is 2.45. The van der Waals surface area contributed by atoms with Crippen molar-refractivity contribution in [2.24, 2.45) is 5.73 Å². The lowest BCUT2D eigenvalue weighted by Gasteiger charge is -2.10.